The van der Waals surface area contributed by atoms with Crippen LogP contribution in [0.4, 0.5) is 0 Å². The van der Waals surface area contributed by atoms with Gasteiger partial charge >= 0.3 is 0 Å². The molecule has 126 valence electrons. The second kappa shape index (κ2) is 7.25. The van der Waals surface area contributed by atoms with Crippen LogP contribution >= 0.6 is 0 Å². The summed E-state index contributed by atoms with van der Waals surface area (Å²) in [5, 5.41) is 0. The van der Waals surface area contributed by atoms with Crippen molar-refractivity contribution in [3.8, 4) is 0 Å². The van der Waals surface area contributed by atoms with E-state index in [1.807, 2.05) is 11.0 Å². The SMILES string of the molecule is Cn1ccc(CN2CCOC(C(=O)N3CCOCC3)C2)cc1=O. The number of aryl methyl sites for hydroxylation is 1. The predicted octanol–water partition coefficient (Wildman–Crippen LogP) is -0.555. The molecular weight excluding hydrogens is 298 g/mol. The third-order valence-corrected chi connectivity index (χ3v) is 4.32. The van der Waals surface area contributed by atoms with Crippen LogP contribution in [0.2, 0.25) is 0 Å². The number of aromatic nitrogens is 1. The zero-order valence-electron chi connectivity index (χ0n) is 13.4. The third kappa shape index (κ3) is 3.99. The molecule has 0 radical (unpaired) electrons. The molecule has 0 bridgehead atoms. The molecule has 0 aliphatic carbocycles. The van der Waals surface area contributed by atoms with Gasteiger partial charge in [-0.2, -0.15) is 0 Å². The van der Waals surface area contributed by atoms with E-state index < -0.39 is 6.10 Å². The Morgan fingerprint density at radius 2 is 2.04 bits per heavy atom. The number of hydrogen-bond acceptors (Lipinski definition) is 5. The number of carbonyl (C=O) groups excluding carboxylic acids is 1. The Labute approximate surface area is 135 Å². The van der Waals surface area contributed by atoms with Gasteiger partial charge in [0.05, 0.1) is 19.8 Å². The molecule has 1 amide bonds. The highest BCUT2D eigenvalue weighted by Crippen LogP contribution is 2.12. The van der Waals surface area contributed by atoms with E-state index in [0.29, 0.717) is 46.0 Å². The highest BCUT2D eigenvalue weighted by molar-refractivity contribution is 5.81. The number of carbonyl (C=O) groups is 1. The Bertz CT molecular complexity index is 610. The summed E-state index contributed by atoms with van der Waals surface area (Å²) >= 11 is 0. The Kier molecular flexibility index (Phi) is 5.09. The maximum Gasteiger partial charge on any atom is 0.253 e. The highest BCUT2D eigenvalue weighted by Gasteiger charge is 2.30. The van der Waals surface area contributed by atoms with Gasteiger partial charge in [-0.05, 0) is 11.6 Å². The van der Waals surface area contributed by atoms with Crippen molar-refractivity contribution < 1.29 is 14.3 Å². The predicted molar refractivity (Wildman–Crippen MR) is 84.1 cm³/mol. The molecule has 1 unspecified atom stereocenters. The first-order chi connectivity index (χ1) is 11.1. The van der Waals surface area contributed by atoms with Crippen molar-refractivity contribution in [2.24, 2.45) is 7.05 Å². The molecule has 3 rings (SSSR count). The Morgan fingerprint density at radius 3 is 2.78 bits per heavy atom. The first-order valence-corrected chi connectivity index (χ1v) is 7.99. The molecule has 2 aliphatic rings. The Hall–Kier alpha value is -1.70. The number of morpholine rings is 2. The van der Waals surface area contributed by atoms with Gasteiger partial charge in [-0.15, -0.1) is 0 Å². The van der Waals surface area contributed by atoms with Crippen molar-refractivity contribution in [3.05, 3.63) is 34.2 Å². The zero-order valence-corrected chi connectivity index (χ0v) is 13.4. The van der Waals surface area contributed by atoms with Crippen molar-refractivity contribution in [2.45, 2.75) is 12.6 Å². The molecule has 1 atom stereocenters. The summed E-state index contributed by atoms with van der Waals surface area (Å²) < 4.78 is 12.5. The standard InChI is InChI=1S/C16H23N3O4/c1-17-3-2-13(10-15(17)20)11-18-4-9-23-14(12-18)16(21)19-5-7-22-8-6-19/h2-3,10,14H,4-9,11-12H2,1H3. The molecule has 2 saturated heterocycles. The highest BCUT2D eigenvalue weighted by atomic mass is 16.5. The van der Waals surface area contributed by atoms with Crippen LogP contribution in [0.1, 0.15) is 5.56 Å². The molecule has 2 aliphatic heterocycles. The second-order valence-electron chi connectivity index (χ2n) is 6.02. The van der Waals surface area contributed by atoms with Crippen LogP contribution in [-0.4, -0.2) is 72.4 Å². The number of ether oxygens (including phenoxy) is 2. The summed E-state index contributed by atoms with van der Waals surface area (Å²) in [7, 11) is 1.73. The van der Waals surface area contributed by atoms with Gasteiger partial charge in [0.25, 0.3) is 11.5 Å². The molecule has 3 heterocycles. The van der Waals surface area contributed by atoms with Gasteiger partial charge in [0.15, 0.2) is 0 Å². The van der Waals surface area contributed by atoms with Crippen LogP contribution in [0, 0.1) is 0 Å². The Balaban J connectivity index is 1.60. The number of pyridine rings is 1. The third-order valence-electron chi connectivity index (χ3n) is 4.32. The molecule has 1 aromatic heterocycles. The quantitative estimate of drug-likeness (QED) is 0.747. The van der Waals surface area contributed by atoms with Crippen molar-refractivity contribution in [2.75, 3.05) is 46.0 Å². The average Bonchev–Trinajstić information content (AvgIpc) is 2.58. The van der Waals surface area contributed by atoms with Crippen LogP contribution in [0.5, 0.6) is 0 Å². The van der Waals surface area contributed by atoms with Crippen LogP contribution in [0.25, 0.3) is 0 Å². The van der Waals surface area contributed by atoms with Crippen molar-refractivity contribution in [1.29, 1.82) is 0 Å². The largest absolute Gasteiger partial charge is 0.378 e. The zero-order chi connectivity index (χ0) is 16.2. The maximum absolute atomic E-state index is 12.5. The minimum Gasteiger partial charge on any atom is -0.378 e. The van der Waals surface area contributed by atoms with Gasteiger partial charge in [0.1, 0.15) is 6.10 Å². The monoisotopic (exact) mass is 321 g/mol. The number of hydrogen-bond donors (Lipinski definition) is 0. The Morgan fingerprint density at radius 1 is 1.26 bits per heavy atom. The number of nitrogens with zero attached hydrogens (tertiary/aromatic N) is 3. The van der Waals surface area contributed by atoms with E-state index in [2.05, 4.69) is 4.90 Å². The normalized spacial score (nSPS) is 23.0. The first-order valence-electron chi connectivity index (χ1n) is 7.99. The van der Waals surface area contributed by atoms with Crippen LogP contribution in [-0.2, 0) is 27.9 Å². The van der Waals surface area contributed by atoms with Crippen molar-refractivity contribution in [3.63, 3.8) is 0 Å². The molecule has 23 heavy (non-hydrogen) atoms. The summed E-state index contributed by atoms with van der Waals surface area (Å²) in [4.78, 5) is 28.2. The molecule has 2 fully saturated rings. The first kappa shape index (κ1) is 16.2. The lowest BCUT2D eigenvalue weighted by Gasteiger charge is -2.36. The second-order valence-corrected chi connectivity index (χ2v) is 6.02. The number of amides is 1. The van der Waals surface area contributed by atoms with Gasteiger partial charge in [-0.25, -0.2) is 0 Å². The van der Waals surface area contributed by atoms with E-state index in [4.69, 9.17) is 9.47 Å². The van der Waals surface area contributed by atoms with E-state index in [9.17, 15) is 9.59 Å². The van der Waals surface area contributed by atoms with Gasteiger partial charge in [0, 0.05) is 52.0 Å². The smallest absolute Gasteiger partial charge is 0.253 e. The lowest BCUT2D eigenvalue weighted by molar-refractivity contribution is -0.153. The van der Waals surface area contributed by atoms with E-state index in [1.165, 1.54) is 0 Å². The van der Waals surface area contributed by atoms with Gasteiger partial charge in [-0.3, -0.25) is 14.5 Å². The van der Waals surface area contributed by atoms with Gasteiger partial charge < -0.3 is 18.9 Å². The summed E-state index contributed by atoms with van der Waals surface area (Å²) in [5.74, 6) is 0.0435. The summed E-state index contributed by atoms with van der Waals surface area (Å²) in [5.41, 5.74) is 0.948. The maximum atomic E-state index is 12.5. The lowest BCUT2D eigenvalue weighted by atomic mass is 10.2. The molecule has 7 nitrogen and oxygen atoms in total. The van der Waals surface area contributed by atoms with E-state index in [1.54, 1.807) is 23.9 Å². The fraction of sp³-hybridized carbons (Fsp3) is 0.625. The molecule has 0 aromatic carbocycles. The van der Waals surface area contributed by atoms with Crippen LogP contribution in [0.15, 0.2) is 23.1 Å². The minimum atomic E-state index is -0.423. The fourth-order valence-corrected chi connectivity index (χ4v) is 2.93. The van der Waals surface area contributed by atoms with Crippen molar-refractivity contribution in [1.82, 2.24) is 14.4 Å². The van der Waals surface area contributed by atoms with Crippen LogP contribution in [0.3, 0.4) is 0 Å². The molecule has 0 spiro atoms. The molecule has 0 saturated carbocycles. The molecule has 1 aromatic rings. The summed E-state index contributed by atoms with van der Waals surface area (Å²) in [6, 6.07) is 3.59. The lowest BCUT2D eigenvalue weighted by Crippen LogP contribution is -2.53. The summed E-state index contributed by atoms with van der Waals surface area (Å²) in [6.45, 7) is 4.97. The number of rotatable bonds is 3. The van der Waals surface area contributed by atoms with Crippen molar-refractivity contribution >= 4 is 5.91 Å². The molecule has 7 heteroatoms. The van der Waals surface area contributed by atoms with E-state index >= 15 is 0 Å². The average molecular weight is 321 g/mol. The van der Waals surface area contributed by atoms with E-state index in [0.717, 1.165) is 12.1 Å². The topological polar surface area (TPSA) is 64.0 Å². The van der Waals surface area contributed by atoms with E-state index in [-0.39, 0.29) is 11.5 Å². The molecule has 0 N–H and O–H groups in total. The summed E-state index contributed by atoms with van der Waals surface area (Å²) in [6.07, 6.45) is 1.35. The van der Waals surface area contributed by atoms with Gasteiger partial charge in [0.2, 0.25) is 0 Å². The van der Waals surface area contributed by atoms with Gasteiger partial charge in [-0.1, -0.05) is 0 Å². The molecular formula is C16H23N3O4. The minimum absolute atomic E-state index is 0.0169. The van der Waals surface area contributed by atoms with Crippen LogP contribution < -0.4 is 5.56 Å². The fourth-order valence-electron chi connectivity index (χ4n) is 2.93.